The highest BCUT2D eigenvalue weighted by Gasteiger charge is 2.18. The summed E-state index contributed by atoms with van der Waals surface area (Å²) in [6.07, 6.45) is 0.982. The molecule has 1 unspecified atom stereocenters. The van der Waals surface area contributed by atoms with Crippen LogP contribution in [0.4, 0.5) is 5.69 Å². The van der Waals surface area contributed by atoms with Crippen molar-refractivity contribution in [3.8, 4) is 5.75 Å². The topological polar surface area (TPSA) is 98.0 Å². The van der Waals surface area contributed by atoms with Crippen LogP contribution in [0.15, 0.2) is 47.5 Å². The van der Waals surface area contributed by atoms with Gasteiger partial charge in [-0.25, -0.2) is 4.99 Å². The number of nitrogens with zero attached hydrogens (tertiary/aromatic N) is 2. The Morgan fingerprint density at radius 3 is 2.84 bits per heavy atom. The van der Waals surface area contributed by atoms with Gasteiger partial charge >= 0.3 is 0 Å². The number of hydrogen-bond acceptors (Lipinski definition) is 5. The van der Waals surface area contributed by atoms with Gasteiger partial charge in [0.05, 0.1) is 24.7 Å². The number of rotatable bonds is 8. The summed E-state index contributed by atoms with van der Waals surface area (Å²) in [5.74, 6) is 1.49. The van der Waals surface area contributed by atoms with Crippen LogP contribution in [0, 0.1) is 17.0 Å². The summed E-state index contributed by atoms with van der Waals surface area (Å²) in [6, 6.07) is 12.7. The second-order valence-electron chi connectivity index (χ2n) is 7.19. The van der Waals surface area contributed by atoms with E-state index < -0.39 is 4.92 Å². The highest BCUT2D eigenvalue weighted by Crippen LogP contribution is 2.24. The number of halogens is 1. The molecule has 0 spiro atoms. The molecule has 1 atom stereocenters. The van der Waals surface area contributed by atoms with E-state index in [0.29, 0.717) is 32.2 Å². The molecule has 0 radical (unpaired) electrons. The molecule has 8 nitrogen and oxygen atoms in total. The Labute approximate surface area is 199 Å². The number of aryl methyl sites for hydroxylation is 1. The third kappa shape index (κ3) is 7.66. The first-order chi connectivity index (χ1) is 14.5. The minimum Gasteiger partial charge on any atom is -0.488 e. The fourth-order valence-corrected chi connectivity index (χ4v) is 3.16. The SMILES string of the molecule is CCNC(=NCc1cccc([N+](=O)[O-])c1)NCc1ccc(C)cc1OC1CCOC1.I. The zero-order valence-electron chi connectivity index (χ0n) is 17.8. The van der Waals surface area contributed by atoms with Crippen molar-refractivity contribution < 1.29 is 14.4 Å². The lowest BCUT2D eigenvalue weighted by Crippen LogP contribution is -2.37. The Morgan fingerprint density at radius 2 is 2.13 bits per heavy atom. The van der Waals surface area contributed by atoms with Crippen molar-refractivity contribution in [2.24, 2.45) is 4.99 Å². The maximum atomic E-state index is 11.0. The normalized spacial score (nSPS) is 15.8. The van der Waals surface area contributed by atoms with E-state index in [1.54, 1.807) is 12.1 Å². The van der Waals surface area contributed by atoms with E-state index in [4.69, 9.17) is 9.47 Å². The average molecular weight is 540 g/mol. The van der Waals surface area contributed by atoms with Gasteiger partial charge in [0.15, 0.2) is 5.96 Å². The number of guanidine groups is 1. The summed E-state index contributed by atoms with van der Waals surface area (Å²) in [4.78, 5) is 15.1. The van der Waals surface area contributed by atoms with Crippen molar-refractivity contribution >= 4 is 35.6 Å². The number of benzene rings is 2. The highest BCUT2D eigenvalue weighted by molar-refractivity contribution is 14.0. The molecule has 2 aromatic rings. The van der Waals surface area contributed by atoms with Crippen LogP contribution in [-0.4, -0.2) is 36.7 Å². The Bertz CT molecular complexity index is 901. The number of aliphatic imine (C=N–C) groups is 1. The average Bonchev–Trinajstić information content (AvgIpc) is 3.24. The van der Waals surface area contributed by atoms with Gasteiger partial charge in [0, 0.05) is 37.2 Å². The fraction of sp³-hybridized carbons (Fsp3) is 0.409. The van der Waals surface area contributed by atoms with Crippen molar-refractivity contribution in [2.75, 3.05) is 19.8 Å². The van der Waals surface area contributed by atoms with Gasteiger partial charge in [0.25, 0.3) is 5.69 Å². The molecule has 168 valence electrons. The fourth-order valence-electron chi connectivity index (χ4n) is 3.16. The van der Waals surface area contributed by atoms with Gasteiger partial charge in [0.2, 0.25) is 0 Å². The van der Waals surface area contributed by atoms with E-state index in [9.17, 15) is 10.1 Å². The van der Waals surface area contributed by atoms with E-state index in [-0.39, 0.29) is 35.8 Å². The molecule has 1 fully saturated rings. The van der Waals surface area contributed by atoms with Crippen LogP contribution in [-0.2, 0) is 17.8 Å². The molecule has 1 saturated heterocycles. The quantitative estimate of drug-likeness (QED) is 0.173. The molecule has 1 aliphatic heterocycles. The molecule has 2 N–H and O–H groups in total. The first kappa shape index (κ1) is 24.9. The summed E-state index contributed by atoms with van der Waals surface area (Å²) >= 11 is 0. The monoisotopic (exact) mass is 540 g/mol. The molecule has 1 heterocycles. The van der Waals surface area contributed by atoms with Crippen LogP contribution in [0.25, 0.3) is 0 Å². The smallest absolute Gasteiger partial charge is 0.269 e. The summed E-state index contributed by atoms with van der Waals surface area (Å²) in [5.41, 5.74) is 3.02. The molecule has 0 bridgehead atoms. The predicted octanol–water partition coefficient (Wildman–Crippen LogP) is 3.94. The molecule has 0 aromatic heterocycles. The Morgan fingerprint density at radius 1 is 1.29 bits per heavy atom. The number of ether oxygens (including phenoxy) is 2. The summed E-state index contributed by atoms with van der Waals surface area (Å²) in [7, 11) is 0. The van der Waals surface area contributed by atoms with Crippen molar-refractivity contribution in [2.45, 2.75) is 39.5 Å². The van der Waals surface area contributed by atoms with Crippen LogP contribution >= 0.6 is 24.0 Å². The lowest BCUT2D eigenvalue weighted by atomic mass is 10.1. The summed E-state index contributed by atoms with van der Waals surface area (Å²) < 4.78 is 11.6. The van der Waals surface area contributed by atoms with Crippen molar-refractivity contribution in [1.82, 2.24) is 10.6 Å². The van der Waals surface area contributed by atoms with Gasteiger partial charge in [-0.15, -0.1) is 24.0 Å². The summed E-state index contributed by atoms with van der Waals surface area (Å²) in [6.45, 7) is 6.98. The van der Waals surface area contributed by atoms with E-state index in [2.05, 4.69) is 27.8 Å². The largest absolute Gasteiger partial charge is 0.488 e. The Hall–Kier alpha value is -2.40. The van der Waals surface area contributed by atoms with E-state index in [0.717, 1.165) is 35.5 Å². The molecule has 0 saturated carbocycles. The van der Waals surface area contributed by atoms with Gasteiger partial charge in [-0.3, -0.25) is 10.1 Å². The third-order valence-corrected chi connectivity index (χ3v) is 4.74. The second kappa shape index (κ2) is 12.5. The number of hydrogen-bond donors (Lipinski definition) is 2. The van der Waals surface area contributed by atoms with Crippen LogP contribution in [0.1, 0.15) is 30.0 Å². The van der Waals surface area contributed by atoms with Crippen molar-refractivity contribution in [1.29, 1.82) is 0 Å². The molecule has 0 aliphatic carbocycles. The molecule has 1 aliphatic rings. The van der Waals surface area contributed by atoms with Gasteiger partial charge in [0.1, 0.15) is 11.9 Å². The number of non-ortho nitro benzene ring substituents is 1. The zero-order valence-corrected chi connectivity index (χ0v) is 20.1. The Kier molecular flexibility index (Phi) is 9.99. The van der Waals surface area contributed by atoms with Crippen LogP contribution < -0.4 is 15.4 Å². The zero-order chi connectivity index (χ0) is 21.3. The molecule has 0 amide bonds. The minimum atomic E-state index is -0.398. The van der Waals surface area contributed by atoms with Crippen LogP contribution in [0.2, 0.25) is 0 Å². The highest BCUT2D eigenvalue weighted by atomic mass is 127. The number of nitro groups is 1. The maximum absolute atomic E-state index is 11.0. The lowest BCUT2D eigenvalue weighted by Gasteiger charge is -2.18. The lowest BCUT2D eigenvalue weighted by molar-refractivity contribution is -0.384. The van der Waals surface area contributed by atoms with Crippen molar-refractivity contribution in [3.63, 3.8) is 0 Å². The molecule has 2 aromatic carbocycles. The van der Waals surface area contributed by atoms with Crippen LogP contribution in [0.5, 0.6) is 5.75 Å². The number of nitrogens with one attached hydrogen (secondary N) is 2. The van der Waals surface area contributed by atoms with E-state index in [1.165, 1.54) is 6.07 Å². The first-order valence-electron chi connectivity index (χ1n) is 10.1. The van der Waals surface area contributed by atoms with Gasteiger partial charge in [-0.1, -0.05) is 24.3 Å². The molecule has 9 heteroatoms. The van der Waals surface area contributed by atoms with Crippen molar-refractivity contribution in [3.05, 3.63) is 69.3 Å². The standard InChI is InChI=1S/C22H28N4O4.HI/c1-3-23-22(24-13-17-5-4-6-19(12-17)26(27)28)25-14-18-8-7-16(2)11-21(18)30-20-9-10-29-15-20;/h4-8,11-12,20H,3,9-10,13-15H2,1-2H3,(H2,23,24,25);1H. The number of nitro benzene ring substituents is 1. The van der Waals surface area contributed by atoms with Crippen LogP contribution in [0.3, 0.4) is 0 Å². The predicted molar refractivity (Wildman–Crippen MR) is 131 cm³/mol. The maximum Gasteiger partial charge on any atom is 0.269 e. The molecular weight excluding hydrogens is 511 g/mol. The summed E-state index contributed by atoms with van der Waals surface area (Å²) in [5, 5.41) is 17.5. The second-order valence-corrected chi connectivity index (χ2v) is 7.19. The third-order valence-electron chi connectivity index (χ3n) is 4.74. The Balaban J connectivity index is 0.00000341. The van der Waals surface area contributed by atoms with Gasteiger partial charge in [-0.2, -0.15) is 0 Å². The van der Waals surface area contributed by atoms with Gasteiger partial charge in [-0.05, 0) is 31.0 Å². The van der Waals surface area contributed by atoms with E-state index in [1.807, 2.05) is 26.0 Å². The van der Waals surface area contributed by atoms with Gasteiger partial charge < -0.3 is 20.1 Å². The first-order valence-corrected chi connectivity index (χ1v) is 10.1. The van der Waals surface area contributed by atoms with E-state index >= 15 is 0 Å². The molecule has 3 rings (SSSR count). The molecule has 31 heavy (non-hydrogen) atoms. The molecular formula is C22H29IN4O4. The minimum absolute atomic E-state index is 0.